The zero-order valence-electron chi connectivity index (χ0n) is 14.5. The number of amides is 1. The Morgan fingerprint density at radius 2 is 2.00 bits per heavy atom. The Kier molecular flexibility index (Phi) is 5.16. The fourth-order valence-electron chi connectivity index (χ4n) is 2.68. The molecule has 0 radical (unpaired) electrons. The molecule has 6 heteroatoms. The second kappa shape index (κ2) is 7.51. The number of aromatic nitrogens is 1. The maximum absolute atomic E-state index is 12.5. The van der Waals surface area contributed by atoms with Gasteiger partial charge in [-0.15, -0.1) is 0 Å². The quantitative estimate of drug-likeness (QED) is 0.783. The van der Waals surface area contributed by atoms with Crippen LogP contribution in [0.3, 0.4) is 0 Å². The molecule has 1 amide bonds. The maximum atomic E-state index is 12.5. The van der Waals surface area contributed by atoms with E-state index in [1.807, 2.05) is 32.0 Å². The van der Waals surface area contributed by atoms with Gasteiger partial charge in [0.25, 0.3) is 5.91 Å². The summed E-state index contributed by atoms with van der Waals surface area (Å²) in [5.41, 5.74) is 2.36. The minimum absolute atomic E-state index is 0.170. The van der Waals surface area contributed by atoms with Crippen molar-refractivity contribution >= 4 is 11.9 Å². The summed E-state index contributed by atoms with van der Waals surface area (Å²) >= 11 is 0. The first-order valence-electron chi connectivity index (χ1n) is 8.51. The monoisotopic (exact) mass is 342 g/mol. The van der Waals surface area contributed by atoms with E-state index in [9.17, 15) is 9.59 Å². The molecule has 1 N–H and O–H groups in total. The molecule has 1 fully saturated rings. The van der Waals surface area contributed by atoms with Crippen molar-refractivity contribution in [2.75, 3.05) is 0 Å². The van der Waals surface area contributed by atoms with Crippen LogP contribution in [0.25, 0.3) is 0 Å². The number of benzene rings is 1. The highest BCUT2D eigenvalue weighted by atomic mass is 16.5. The molecule has 6 nitrogen and oxygen atoms in total. The molecule has 2 aromatic rings. The van der Waals surface area contributed by atoms with Gasteiger partial charge >= 0.3 is 5.97 Å². The molecule has 1 aliphatic carbocycles. The Labute approximate surface area is 146 Å². The van der Waals surface area contributed by atoms with Crippen LogP contribution in [0.2, 0.25) is 0 Å². The van der Waals surface area contributed by atoms with Crippen LogP contribution in [0.1, 0.15) is 47.9 Å². The summed E-state index contributed by atoms with van der Waals surface area (Å²) in [5, 5.41) is 6.78. The van der Waals surface area contributed by atoms with Gasteiger partial charge in [-0.05, 0) is 33.1 Å². The molecule has 1 aromatic heterocycles. The number of aryl methyl sites for hydroxylation is 2. The zero-order valence-corrected chi connectivity index (χ0v) is 14.5. The van der Waals surface area contributed by atoms with Crippen LogP contribution in [-0.2, 0) is 20.7 Å². The third-order valence-corrected chi connectivity index (χ3v) is 4.27. The molecule has 1 heterocycles. The van der Waals surface area contributed by atoms with Crippen molar-refractivity contribution in [3.05, 3.63) is 52.9 Å². The third-order valence-electron chi connectivity index (χ3n) is 4.27. The number of ether oxygens (including phenoxy) is 1. The molecule has 0 saturated heterocycles. The normalized spacial score (nSPS) is 14.8. The summed E-state index contributed by atoms with van der Waals surface area (Å²) in [5.74, 6) is 0.0237. The van der Waals surface area contributed by atoms with Crippen LogP contribution in [0.15, 0.2) is 34.9 Å². The van der Waals surface area contributed by atoms with Crippen molar-refractivity contribution < 1.29 is 18.8 Å². The lowest BCUT2D eigenvalue weighted by atomic mass is 10.1. The van der Waals surface area contributed by atoms with Crippen molar-refractivity contribution in [2.45, 2.75) is 51.7 Å². The molecule has 1 saturated carbocycles. The van der Waals surface area contributed by atoms with Crippen LogP contribution >= 0.6 is 0 Å². The van der Waals surface area contributed by atoms with Gasteiger partial charge in [-0.25, -0.2) is 0 Å². The second-order valence-corrected chi connectivity index (χ2v) is 6.37. The van der Waals surface area contributed by atoms with Gasteiger partial charge in [0.1, 0.15) is 5.76 Å². The Morgan fingerprint density at radius 1 is 1.28 bits per heavy atom. The SMILES string of the molecule is Cc1noc(C)c1CCC(=O)O[C@@H](C(=O)NC1CC1)c1ccccc1. The maximum Gasteiger partial charge on any atom is 0.307 e. The Balaban J connectivity index is 1.64. The van der Waals surface area contributed by atoms with E-state index in [-0.39, 0.29) is 18.4 Å². The topological polar surface area (TPSA) is 81.4 Å². The molecule has 0 spiro atoms. The highest BCUT2D eigenvalue weighted by Gasteiger charge is 2.30. The zero-order chi connectivity index (χ0) is 17.8. The number of carbonyl (C=O) groups is 2. The van der Waals surface area contributed by atoms with E-state index in [0.717, 1.165) is 24.1 Å². The molecule has 0 bridgehead atoms. The van der Waals surface area contributed by atoms with Crippen molar-refractivity contribution in [3.8, 4) is 0 Å². The Bertz CT molecular complexity index is 731. The van der Waals surface area contributed by atoms with Gasteiger partial charge < -0.3 is 14.6 Å². The lowest BCUT2D eigenvalue weighted by molar-refractivity contribution is -0.156. The van der Waals surface area contributed by atoms with Crippen LogP contribution in [0.4, 0.5) is 0 Å². The second-order valence-electron chi connectivity index (χ2n) is 6.37. The molecule has 1 aliphatic rings. The average Bonchev–Trinajstić information content (AvgIpc) is 3.36. The summed E-state index contributed by atoms with van der Waals surface area (Å²) in [6.07, 6.45) is 1.69. The van der Waals surface area contributed by atoms with Crippen LogP contribution in [0.5, 0.6) is 0 Å². The Hall–Kier alpha value is -2.63. The van der Waals surface area contributed by atoms with Gasteiger partial charge in [-0.1, -0.05) is 35.5 Å². The van der Waals surface area contributed by atoms with Gasteiger partial charge in [-0.2, -0.15) is 0 Å². The van der Waals surface area contributed by atoms with Crippen molar-refractivity contribution in [2.24, 2.45) is 0 Å². The summed E-state index contributed by atoms with van der Waals surface area (Å²) in [6.45, 7) is 3.66. The molecule has 3 rings (SSSR count). The molecule has 0 aliphatic heterocycles. The summed E-state index contributed by atoms with van der Waals surface area (Å²) in [7, 11) is 0. The molecule has 132 valence electrons. The van der Waals surface area contributed by atoms with Crippen LogP contribution in [0, 0.1) is 13.8 Å². The van der Waals surface area contributed by atoms with Gasteiger partial charge in [0, 0.05) is 23.6 Å². The third kappa shape index (κ3) is 4.47. The standard InChI is InChI=1S/C19H22N2O4/c1-12-16(13(2)25-21-12)10-11-17(22)24-18(14-6-4-3-5-7-14)19(23)20-15-8-9-15/h3-7,15,18H,8-11H2,1-2H3,(H,20,23)/t18-/m1/s1. The fourth-order valence-corrected chi connectivity index (χ4v) is 2.68. The van der Waals surface area contributed by atoms with Crippen molar-refractivity contribution in [1.82, 2.24) is 10.5 Å². The molecule has 0 unspecified atom stereocenters. The number of hydrogen-bond acceptors (Lipinski definition) is 5. The molecular weight excluding hydrogens is 320 g/mol. The van der Waals surface area contributed by atoms with Crippen molar-refractivity contribution in [1.29, 1.82) is 0 Å². The minimum Gasteiger partial charge on any atom is -0.447 e. The first-order valence-corrected chi connectivity index (χ1v) is 8.51. The van der Waals surface area contributed by atoms with E-state index in [4.69, 9.17) is 9.26 Å². The summed E-state index contributed by atoms with van der Waals surface area (Å²) in [4.78, 5) is 24.8. The van der Waals surface area contributed by atoms with E-state index in [1.165, 1.54) is 0 Å². The number of hydrogen-bond donors (Lipinski definition) is 1. The highest BCUT2D eigenvalue weighted by molar-refractivity contribution is 5.85. The molecular formula is C19H22N2O4. The van der Waals surface area contributed by atoms with E-state index in [2.05, 4.69) is 10.5 Å². The van der Waals surface area contributed by atoms with Crippen LogP contribution < -0.4 is 5.32 Å². The van der Waals surface area contributed by atoms with Gasteiger partial charge in [0.2, 0.25) is 6.10 Å². The number of nitrogens with one attached hydrogen (secondary N) is 1. The lowest BCUT2D eigenvalue weighted by Gasteiger charge is -2.18. The van der Waals surface area contributed by atoms with Gasteiger partial charge in [-0.3, -0.25) is 9.59 Å². The largest absolute Gasteiger partial charge is 0.447 e. The number of esters is 1. The van der Waals surface area contributed by atoms with Gasteiger partial charge in [0.05, 0.1) is 5.69 Å². The molecule has 1 atom stereocenters. The van der Waals surface area contributed by atoms with Gasteiger partial charge in [0.15, 0.2) is 0 Å². The van der Waals surface area contributed by atoms with E-state index in [1.54, 1.807) is 12.1 Å². The predicted octanol–water partition coefficient (Wildman–Crippen LogP) is 2.79. The summed E-state index contributed by atoms with van der Waals surface area (Å²) in [6, 6.07) is 9.30. The van der Waals surface area contributed by atoms with Crippen molar-refractivity contribution in [3.63, 3.8) is 0 Å². The number of carbonyl (C=O) groups excluding carboxylic acids is 2. The molecule has 1 aromatic carbocycles. The Morgan fingerprint density at radius 3 is 2.60 bits per heavy atom. The summed E-state index contributed by atoms with van der Waals surface area (Å²) < 4.78 is 10.6. The highest BCUT2D eigenvalue weighted by Crippen LogP contribution is 2.24. The predicted molar refractivity (Wildman–Crippen MR) is 90.7 cm³/mol. The molecule has 25 heavy (non-hydrogen) atoms. The first kappa shape index (κ1) is 17.2. The smallest absolute Gasteiger partial charge is 0.307 e. The average molecular weight is 342 g/mol. The van der Waals surface area contributed by atoms with E-state index >= 15 is 0 Å². The van der Waals surface area contributed by atoms with E-state index in [0.29, 0.717) is 17.7 Å². The van der Waals surface area contributed by atoms with E-state index < -0.39 is 12.1 Å². The number of rotatable bonds is 7. The lowest BCUT2D eigenvalue weighted by Crippen LogP contribution is -2.33. The first-order chi connectivity index (χ1) is 12.0. The number of nitrogens with zero attached hydrogens (tertiary/aromatic N) is 1. The minimum atomic E-state index is -0.918. The fraction of sp³-hybridized carbons (Fsp3) is 0.421. The van der Waals surface area contributed by atoms with Crippen LogP contribution in [-0.4, -0.2) is 23.1 Å².